The van der Waals surface area contributed by atoms with Crippen molar-refractivity contribution in [1.82, 2.24) is 4.90 Å². The number of nitrogens with one attached hydrogen (secondary N) is 1. The molecule has 1 unspecified atom stereocenters. The van der Waals surface area contributed by atoms with Crippen LogP contribution in [0.5, 0.6) is 0 Å². The Bertz CT molecular complexity index is 563. The van der Waals surface area contributed by atoms with Crippen LogP contribution < -0.4 is 5.32 Å². The van der Waals surface area contributed by atoms with Crippen LogP contribution in [-0.2, 0) is 11.0 Å². The summed E-state index contributed by atoms with van der Waals surface area (Å²) in [4.78, 5) is 14.1. The number of rotatable bonds is 4. The van der Waals surface area contributed by atoms with Gasteiger partial charge in [0.05, 0.1) is 11.3 Å². The Balaban J connectivity index is 1.95. The van der Waals surface area contributed by atoms with Crippen molar-refractivity contribution < 1.29 is 18.0 Å². The molecule has 0 aliphatic carbocycles. The van der Waals surface area contributed by atoms with Gasteiger partial charge in [-0.15, -0.1) is 0 Å². The molecular formula is C16H20ClF3N2O. The van der Waals surface area contributed by atoms with E-state index in [-0.39, 0.29) is 17.1 Å². The van der Waals surface area contributed by atoms with Crippen LogP contribution in [-0.4, -0.2) is 30.4 Å². The Kier molecular flexibility index (Phi) is 5.92. The summed E-state index contributed by atoms with van der Waals surface area (Å²) in [6, 6.07) is 3.34. The molecule has 0 bridgehead atoms. The summed E-state index contributed by atoms with van der Waals surface area (Å²) in [5, 5.41) is 2.33. The van der Waals surface area contributed by atoms with E-state index in [0.717, 1.165) is 25.6 Å². The minimum atomic E-state index is -4.56. The first-order chi connectivity index (χ1) is 10.8. The summed E-state index contributed by atoms with van der Waals surface area (Å²) in [5.74, 6) is 0.177. The van der Waals surface area contributed by atoms with Crippen molar-refractivity contribution in [2.24, 2.45) is 5.92 Å². The van der Waals surface area contributed by atoms with Crippen molar-refractivity contribution in [3.8, 4) is 0 Å². The van der Waals surface area contributed by atoms with Crippen molar-refractivity contribution >= 4 is 23.2 Å². The summed E-state index contributed by atoms with van der Waals surface area (Å²) in [6.07, 6.45) is -2.11. The molecule has 1 amide bonds. The lowest BCUT2D eigenvalue weighted by Crippen LogP contribution is -2.36. The van der Waals surface area contributed by atoms with Crippen molar-refractivity contribution in [3.63, 3.8) is 0 Å². The molecule has 1 fully saturated rings. The molecular weight excluding hydrogens is 329 g/mol. The number of carbonyl (C=O) groups excluding carboxylic acids is 1. The first kappa shape index (κ1) is 18.1. The maximum atomic E-state index is 13.0. The number of benzene rings is 1. The quantitative estimate of drug-likeness (QED) is 0.873. The highest BCUT2D eigenvalue weighted by Crippen LogP contribution is 2.36. The van der Waals surface area contributed by atoms with E-state index in [0.29, 0.717) is 12.5 Å². The lowest BCUT2D eigenvalue weighted by Gasteiger charge is -2.30. The number of carbonyl (C=O) groups is 1. The van der Waals surface area contributed by atoms with Crippen LogP contribution in [0.4, 0.5) is 18.9 Å². The fourth-order valence-corrected chi connectivity index (χ4v) is 2.99. The third-order valence-corrected chi connectivity index (χ3v) is 4.19. The largest absolute Gasteiger partial charge is 0.418 e. The summed E-state index contributed by atoms with van der Waals surface area (Å²) >= 11 is 5.62. The Morgan fingerprint density at radius 3 is 2.83 bits per heavy atom. The van der Waals surface area contributed by atoms with Gasteiger partial charge in [-0.1, -0.05) is 18.5 Å². The van der Waals surface area contributed by atoms with Crippen molar-refractivity contribution in [2.75, 3.05) is 25.0 Å². The van der Waals surface area contributed by atoms with Gasteiger partial charge in [0, 0.05) is 24.5 Å². The maximum absolute atomic E-state index is 13.0. The number of alkyl halides is 3. The van der Waals surface area contributed by atoms with Gasteiger partial charge in [-0.05, 0) is 43.5 Å². The molecule has 1 aliphatic rings. The summed E-state index contributed by atoms with van der Waals surface area (Å²) < 4.78 is 38.9. The Hall–Kier alpha value is -1.27. The second-order valence-electron chi connectivity index (χ2n) is 6.03. The molecule has 1 aliphatic heterocycles. The highest BCUT2D eigenvalue weighted by molar-refractivity contribution is 6.30. The molecule has 0 spiro atoms. The highest BCUT2D eigenvalue weighted by atomic mass is 35.5. The number of amides is 1. The topological polar surface area (TPSA) is 32.3 Å². The van der Waals surface area contributed by atoms with Gasteiger partial charge in [0.1, 0.15) is 0 Å². The molecule has 1 aromatic rings. The van der Waals surface area contributed by atoms with E-state index in [1.54, 1.807) is 0 Å². The molecule has 0 aromatic heterocycles. The van der Waals surface area contributed by atoms with E-state index in [2.05, 4.69) is 17.1 Å². The van der Waals surface area contributed by atoms with Crippen LogP contribution in [0.3, 0.4) is 0 Å². The Morgan fingerprint density at radius 1 is 1.43 bits per heavy atom. The molecule has 1 atom stereocenters. The van der Waals surface area contributed by atoms with Gasteiger partial charge in [0.2, 0.25) is 5.91 Å². The minimum absolute atomic E-state index is 0.0161. The maximum Gasteiger partial charge on any atom is 0.418 e. The van der Waals surface area contributed by atoms with E-state index in [1.807, 2.05) is 0 Å². The average Bonchev–Trinajstić information content (AvgIpc) is 2.46. The molecule has 128 valence electrons. The molecule has 0 saturated carbocycles. The smallest absolute Gasteiger partial charge is 0.325 e. The van der Waals surface area contributed by atoms with Crippen molar-refractivity contribution in [3.05, 3.63) is 28.8 Å². The lowest BCUT2D eigenvalue weighted by molar-refractivity contribution is -0.137. The molecule has 1 N–H and O–H groups in total. The molecule has 3 nitrogen and oxygen atoms in total. The minimum Gasteiger partial charge on any atom is -0.325 e. The van der Waals surface area contributed by atoms with Gasteiger partial charge in [0.15, 0.2) is 0 Å². The van der Waals surface area contributed by atoms with Crippen LogP contribution in [0.15, 0.2) is 18.2 Å². The number of piperidine rings is 1. The molecule has 7 heteroatoms. The van der Waals surface area contributed by atoms with Crippen LogP contribution >= 0.6 is 11.6 Å². The van der Waals surface area contributed by atoms with E-state index in [1.165, 1.54) is 18.6 Å². The van der Waals surface area contributed by atoms with E-state index < -0.39 is 17.6 Å². The predicted molar refractivity (Wildman–Crippen MR) is 84.5 cm³/mol. The third kappa shape index (κ3) is 5.39. The Labute approximate surface area is 138 Å². The Morgan fingerprint density at radius 2 is 2.17 bits per heavy atom. The van der Waals surface area contributed by atoms with Crippen LogP contribution in [0.1, 0.15) is 31.7 Å². The number of halogens is 4. The number of anilines is 1. The zero-order chi connectivity index (χ0) is 17.0. The van der Waals surface area contributed by atoms with Gasteiger partial charge < -0.3 is 10.2 Å². The van der Waals surface area contributed by atoms with E-state index in [9.17, 15) is 18.0 Å². The number of hydrogen-bond acceptors (Lipinski definition) is 2. The van der Waals surface area contributed by atoms with Gasteiger partial charge in [-0.25, -0.2) is 0 Å². The zero-order valence-electron chi connectivity index (χ0n) is 12.9. The van der Waals surface area contributed by atoms with Gasteiger partial charge >= 0.3 is 6.18 Å². The molecule has 1 heterocycles. The van der Waals surface area contributed by atoms with E-state index in [4.69, 9.17) is 11.6 Å². The number of hydrogen-bond donors (Lipinski definition) is 1. The highest BCUT2D eigenvalue weighted by Gasteiger charge is 2.34. The second kappa shape index (κ2) is 7.53. The van der Waals surface area contributed by atoms with Gasteiger partial charge in [0.25, 0.3) is 0 Å². The van der Waals surface area contributed by atoms with Crippen LogP contribution in [0.2, 0.25) is 5.02 Å². The molecule has 2 rings (SSSR count). The third-order valence-electron chi connectivity index (χ3n) is 3.96. The normalized spacial score (nSPS) is 19.6. The molecule has 1 aromatic carbocycles. The number of nitrogens with zero attached hydrogens (tertiary/aromatic N) is 1. The predicted octanol–water partition coefficient (Wildman–Crippen LogP) is 4.42. The van der Waals surface area contributed by atoms with Gasteiger partial charge in [-0.2, -0.15) is 13.2 Å². The van der Waals surface area contributed by atoms with Gasteiger partial charge in [-0.3, -0.25) is 4.79 Å². The molecule has 23 heavy (non-hydrogen) atoms. The molecule has 1 saturated heterocycles. The standard InChI is InChI=1S/C16H20ClF3N2O/c1-11-3-2-7-22(10-11)8-6-15(23)21-14-5-4-12(17)9-13(14)16(18,19)20/h4-5,9,11H,2-3,6-8,10H2,1H3,(H,21,23). The monoisotopic (exact) mass is 348 g/mol. The van der Waals surface area contributed by atoms with E-state index >= 15 is 0 Å². The van der Waals surface area contributed by atoms with Crippen LogP contribution in [0.25, 0.3) is 0 Å². The SMILES string of the molecule is CC1CCCN(CCC(=O)Nc2ccc(Cl)cc2C(F)(F)F)C1. The van der Waals surface area contributed by atoms with Crippen molar-refractivity contribution in [1.29, 1.82) is 0 Å². The number of likely N-dealkylation sites (tertiary alicyclic amines) is 1. The first-order valence-electron chi connectivity index (χ1n) is 7.64. The summed E-state index contributed by atoms with van der Waals surface area (Å²) in [7, 11) is 0. The van der Waals surface area contributed by atoms with Crippen LogP contribution in [0, 0.1) is 5.92 Å². The fraction of sp³-hybridized carbons (Fsp3) is 0.562. The summed E-state index contributed by atoms with van der Waals surface area (Å²) in [6.45, 7) is 4.59. The summed E-state index contributed by atoms with van der Waals surface area (Å²) in [5.41, 5.74) is -1.18. The average molecular weight is 349 g/mol. The second-order valence-corrected chi connectivity index (χ2v) is 6.47. The first-order valence-corrected chi connectivity index (χ1v) is 8.02. The fourth-order valence-electron chi connectivity index (χ4n) is 2.82. The lowest BCUT2D eigenvalue weighted by atomic mass is 10.0. The zero-order valence-corrected chi connectivity index (χ0v) is 13.7. The molecule has 0 radical (unpaired) electrons. The van der Waals surface area contributed by atoms with Crippen molar-refractivity contribution in [2.45, 2.75) is 32.4 Å².